The summed E-state index contributed by atoms with van der Waals surface area (Å²) in [4.78, 5) is 17.3. The smallest absolute Gasteiger partial charge is 0.230 e. The van der Waals surface area contributed by atoms with Crippen LogP contribution in [0.5, 0.6) is 5.75 Å². The molecular formula is C27H40N2O4. The van der Waals surface area contributed by atoms with E-state index in [9.17, 15) is 9.90 Å². The van der Waals surface area contributed by atoms with Crippen LogP contribution in [0.1, 0.15) is 63.9 Å². The van der Waals surface area contributed by atoms with Crippen LogP contribution >= 0.6 is 0 Å². The first kappa shape index (κ1) is 23.1. The predicted molar refractivity (Wildman–Crippen MR) is 127 cm³/mol. The predicted octanol–water partition coefficient (Wildman–Crippen LogP) is 3.43. The maximum Gasteiger partial charge on any atom is 0.230 e. The van der Waals surface area contributed by atoms with Crippen molar-refractivity contribution in [2.75, 3.05) is 46.0 Å². The highest BCUT2D eigenvalue weighted by Crippen LogP contribution is 2.48. The molecule has 1 aromatic rings. The quantitative estimate of drug-likeness (QED) is 0.681. The molecule has 3 aliphatic heterocycles. The van der Waals surface area contributed by atoms with Gasteiger partial charge in [0, 0.05) is 31.0 Å². The number of carbonyl (C=O) groups excluding carboxylic acids is 1. The van der Waals surface area contributed by atoms with E-state index in [4.69, 9.17) is 9.47 Å². The molecule has 0 bridgehead atoms. The Morgan fingerprint density at radius 2 is 1.91 bits per heavy atom. The summed E-state index contributed by atoms with van der Waals surface area (Å²) in [7, 11) is 0. The molecule has 33 heavy (non-hydrogen) atoms. The van der Waals surface area contributed by atoms with Gasteiger partial charge in [-0.15, -0.1) is 0 Å². The highest BCUT2D eigenvalue weighted by molar-refractivity contribution is 5.80. The molecule has 1 aliphatic carbocycles. The van der Waals surface area contributed by atoms with Gasteiger partial charge in [0.25, 0.3) is 0 Å². The average molecular weight is 457 g/mol. The van der Waals surface area contributed by atoms with Crippen LogP contribution < -0.4 is 4.74 Å². The van der Waals surface area contributed by atoms with E-state index in [2.05, 4.69) is 28.0 Å². The summed E-state index contributed by atoms with van der Waals surface area (Å²) >= 11 is 0. The summed E-state index contributed by atoms with van der Waals surface area (Å²) in [6.45, 7) is 9.64. The van der Waals surface area contributed by atoms with Crippen molar-refractivity contribution >= 4 is 5.91 Å². The number of aliphatic hydroxyl groups is 1. The van der Waals surface area contributed by atoms with Crippen LogP contribution in [0.15, 0.2) is 24.3 Å². The van der Waals surface area contributed by atoms with E-state index in [-0.39, 0.29) is 5.92 Å². The molecule has 4 aliphatic rings. The molecule has 4 fully saturated rings. The third-order valence-electron chi connectivity index (χ3n) is 8.40. The second-order valence-electron chi connectivity index (χ2n) is 11.6. The number of nitrogens with zero attached hydrogens (tertiary/aromatic N) is 2. The lowest BCUT2D eigenvalue weighted by Gasteiger charge is -2.50. The second kappa shape index (κ2) is 9.20. The molecule has 6 heteroatoms. The highest BCUT2D eigenvalue weighted by Gasteiger charge is 2.52. The van der Waals surface area contributed by atoms with Crippen LogP contribution in [0.3, 0.4) is 0 Å². The molecule has 1 atom stereocenters. The lowest BCUT2D eigenvalue weighted by Crippen LogP contribution is -2.61. The molecular weight excluding hydrogens is 416 g/mol. The number of hydrogen-bond donors (Lipinski definition) is 1. The Morgan fingerprint density at radius 1 is 1.18 bits per heavy atom. The van der Waals surface area contributed by atoms with E-state index in [1.54, 1.807) is 0 Å². The fraction of sp³-hybridized carbons (Fsp3) is 0.741. The monoisotopic (exact) mass is 456 g/mol. The molecule has 1 amide bonds. The lowest BCUT2D eigenvalue weighted by atomic mass is 9.77. The van der Waals surface area contributed by atoms with Gasteiger partial charge in [-0.05, 0) is 76.6 Å². The Morgan fingerprint density at radius 3 is 2.58 bits per heavy atom. The zero-order valence-corrected chi connectivity index (χ0v) is 20.3. The zero-order chi connectivity index (χ0) is 23.1. The fourth-order valence-electron chi connectivity index (χ4n) is 6.27. The lowest BCUT2D eigenvalue weighted by molar-refractivity contribution is -0.161. The maximum atomic E-state index is 12.5. The van der Waals surface area contributed by atoms with Gasteiger partial charge < -0.3 is 24.4 Å². The Kier molecular flexibility index (Phi) is 6.45. The topological polar surface area (TPSA) is 62.2 Å². The minimum atomic E-state index is -0.699. The number of hydrogen-bond acceptors (Lipinski definition) is 5. The molecule has 1 unspecified atom stereocenters. The summed E-state index contributed by atoms with van der Waals surface area (Å²) in [5.74, 6) is 1.97. The van der Waals surface area contributed by atoms with Gasteiger partial charge >= 0.3 is 0 Å². The largest absolute Gasteiger partial charge is 0.493 e. The number of likely N-dealkylation sites (tertiary alicyclic amines) is 2. The summed E-state index contributed by atoms with van der Waals surface area (Å²) in [5, 5.41) is 9.98. The standard InChI is InChI=1S/C27H40N2O4/c1-26(2,31)11-14-33-24-6-4-3-5-23(24)20-8-12-28(13-9-20)22-7-10-27(15-22)18-29(19-27)25(30)21-16-32-17-21/h3-6,20-22,31H,7-19H2,1-2H3. The van der Waals surface area contributed by atoms with Crippen molar-refractivity contribution in [1.29, 1.82) is 0 Å². The molecule has 1 N–H and O–H groups in total. The van der Waals surface area contributed by atoms with Gasteiger partial charge in [0.15, 0.2) is 0 Å². The molecule has 3 heterocycles. The summed E-state index contributed by atoms with van der Waals surface area (Å²) in [6, 6.07) is 9.13. The van der Waals surface area contributed by atoms with Crippen LogP contribution in [-0.2, 0) is 9.53 Å². The Hall–Kier alpha value is -1.63. The highest BCUT2D eigenvalue weighted by atomic mass is 16.5. The van der Waals surface area contributed by atoms with Crippen LogP contribution in [0.25, 0.3) is 0 Å². The first-order chi connectivity index (χ1) is 15.8. The van der Waals surface area contributed by atoms with E-state index in [0.717, 1.165) is 31.9 Å². The van der Waals surface area contributed by atoms with Crippen LogP contribution in [0, 0.1) is 11.3 Å². The third-order valence-corrected chi connectivity index (χ3v) is 8.40. The van der Waals surface area contributed by atoms with E-state index in [1.165, 1.54) is 37.7 Å². The van der Waals surface area contributed by atoms with Gasteiger partial charge in [0.1, 0.15) is 5.75 Å². The van der Waals surface area contributed by atoms with E-state index >= 15 is 0 Å². The van der Waals surface area contributed by atoms with E-state index in [0.29, 0.717) is 49.5 Å². The van der Waals surface area contributed by atoms with Crippen molar-refractivity contribution in [1.82, 2.24) is 9.80 Å². The average Bonchev–Trinajstić information content (AvgIpc) is 3.17. The number of ether oxygens (including phenoxy) is 2. The molecule has 0 aromatic heterocycles. The van der Waals surface area contributed by atoms with Crippen molar-refractivity contribution in [2.24, 2.45) is 11.3 Å². The van der Waals surface area contributed by atoms with Gasteiger partial charge in [0.05, 0.1) is 31.3 Å². The Balaban J connectivity index is 1.10. The summed E-state index contributed by atoms with van der Waals surface area (Å²) in [5.41, 5.74) is 1.00. The van der Waals surface area contributed by atoms with Crippen molar-refractivity contribution in [3.8, 4) is 5.75 Å². The van der Waals surface area contributed by atoms with Gasteiger partial charge in [-0.2, -0.15) is 0 Å². The van der Waals surface area contributed by atoms with Gasteiger partial charge in [-0.1, -0.05) is 18.2 Å². The van der Waals surface area contributed by atoms with Crippen molar-refractivity contribution in [3.05, 3.63) is 29.8 Å². The van der Waals surface area contributed by atoms with Crippen LogP contribution in [0.2, 0.25) is 0 Å². The van der Waals surface area contributed by atoms with Gasteiger partial charge in [-0.25, -0.2) is 0 Å². The SMILES string of the molecule is CC(C)(O)CCOc1ccccc1C1CCN(C2CCC3(C2)CN(C(=O)C2COC2)C3)CC1. The first-order valence-electron chi connectivity index (χ1n) is 12.9. The molecule has 182 valence electrons. The number of amides is 1. The summed E-state index contributed by atoms with van der Waals surface area (Å²) in [6.07, 6.45) is 6.75. The Bertz CT molecular complexity index is 833. The van der Waals surface area contributed by atoms with E-state index < -0.39 is 5.60 Å². The summed E-state index contributed by atoms with van der Waals surface area (Å²) < 4.78 is 11.3. The number of para-hydroxylation sites is 1. The van der Waals surface area contributed by atoms with Crippen molar-refractivity contribution in [2.45, 2.75) is 69.9 Å². The van der Waals surface area contributed by atoms with Crippen molar-refractivity contribution in [3.63, 3.8) is 0 Å². The number of benzene rings is 1. The Labute approximate surface area is 198 Å². The minimum Gasteiger partial charge on any atom is -0.493 e. The number of piperidine rings is 1. The van der Waals surface area contributed by atoms with Crippen LogP contribution in [0.4, 0.5) is 0 Å². The van der Waals surface area contributed by atoms with Gasteiger partial charge in [-0.3, -0.25) is 4.79 Å². The maximum absolute atomic E-state index is 12.5. The van der Waals surface area contributed by atoms with Crippen LogP contribution in [-0.4, -0.2) is 78.5 Å². The second-order valence-corrected chi connectivity index (χ2v) is 11.6. The van der Waals surface area contributed by atoms with E-state index in [1.807, 2.05) is 19.9 Å². The number of carbonyl (C=O) groups is 1. The molecule has 1 spiro atoms. The third kappa shape index (κ3) is 5.08. The fourth-order valence-corrected chi connectivity index (χ4v) is 6.27. The zero-order valence-electron chi connectivity index (χ0n) is 20.3. The molecule has 5 rings (SSSR count). The molecule has 6 nitrogen and oxygen atoms in total. The van der Waals surface area contributed by atoms with Crippen molar-refractivity contribution < 1.29 is 19.4 Å². The molecule has 1 aromatic carbocycles. The minimum absolute atomic E-state index is 0.126. The number of rotatable bonds is 7. The van der Waals surface area contributed by atoms with Gasteiger partial charge in [0.2, 0.25) is 5.91 Å². The molecule has 3 saturated heterocycles. The normalized spacial score (nSPS) is 26.3. The molecule has 1 saturated carbocycles. The molecule has 0 radical (unpaired) electrons. The first-order valence-corrected chi connectivity index (χ1v) is 12.9.